The fourth-order valence-corrected chi connectivity index (χ4v) is 2.47. The number of aryl methyl sites for hydroxylation is 1. The summed E-state index contributed by atoms with van der Waals surface area (Å²) in [6.45, 7) is 4.62. The molecule has 0 bridgehead atoms. The van der Waals surface area contributed by atoms with Crippen LogP contribution < -0.4 is 10.6 Å². The van der Waals surface area contributed by atoms with Crippen molar-refractivity contribution >= 4 is 5.91 Å². The van der Waals surface area contributed by atoms with Gasteiger partial charge < -0.3 is 15.7 Å². The van der Waals surface area contributed by atoms with Crippen molar-refractivity contribution in [1.29, 1.82) is 0 Å². The van der Waals surface area contributed by atoms with Gasteiger partial charge in [0.15, 0.2) is 0 Å². The molecule has 1 aromatic carbocycles. The molecule has 1 aromatic rings. The Bertz CT molecular complexity index is 459. The molecule has 1 aliphatic rings. The van der Waals surface area contributed by atoms with Gasteiger partial charge in [-0.15, -0.1) is 0 Å². The third kappa shape index (κ3) is 3.70. The summed E-state index contributed by atoms with van der Waals surface area (Å²) < 4.78 is 0. The number of amides is 1. The van der Waals surface area contributed by atoms with E-state index in [1.165, 1.54) is 18.9 Å². The first-order valence-corrected chi connectivity index (χ1v) is 6.90. The Hall–Kier alpha value is -1.55. The summed E-state index contributed by atoms with van der Waals surface area (Å²) in [4.78, 5) is 12.0. The number of hydrogen-bond donors (Lipinski definition) is 3. The van der Waals surface area contributed by atoms with E-state index in [-0.39, 0.29) is 11.7 Å². The van der Waals surface area contributed by atoms with Gasteiger partial charge in [0.25, 0.3) is 5.91 Å². The van der Waals surface area contributed by atoms with Crippen molar-refractivity contribution in [2.45, 2.75) is 45.2 Å². The lowest BCUT2D eigenvalue weighted by atomic mass is 9.99. The predicted octanol–water partition coefficient (Wildman–Crippen LogP) is 1.96. The van der Waals surface area contributed by atoms with E-state index in [0.29, 0.717) is 24.2 Å². The molecule has 104 valence electrons. The van der Waals surface area contributed by atoms with Crippen LogP contribution in [0.15, 0.2) is 18.2 Å². The van der Waals surface area contributed by atoms with Gasteiger partial charge >= 0.3 is 0 Å². The Morgan fingerprint density at radius 3 is 2.95 bits per heavy atom. The number of piperidine rings is 1. The summed E-state index contributed by atoms with van der Waals surface area (Å²) in [6, 6.07) is 5.89. The zero-order valence-electron chi connectivity index (χ0n) is 11.6. The molecule has 0 spiro atoms. The number of benzene rings is 1. The van der Waals surface area contributed by atoms with E-state index < -0.39 is 0 Å². The molecule has 0 aliphatic carbocycles. The van der Waals surface area contributed by atoms with Gasteiger partial charge in [-0.3, -0.25) is 4.79 Å². The maximum Gasteiger partial charge on any atom is 0.251 e. The van der Waals surface area contributed by atoms with Crippen molar-refractivity contribution in [3.8, 4) is 5.75 Å². The molecule has 2 unspecified atom stereocenters. The lowest BCUT2D eigenvalue weighted by Crippen LogP contribution is -2.47. The van der Waals surface area contributed by atoms with Crippen molar-refractivity contribution in [3.63, 3.8) is 0 Å². The summed E-state index contributed by atoms with van der Waals surface area (Å²) in [6.07, 6.45) is 3.51. The summed E-state index contributed by atoms with van der Waals surface area (Å²) >= 11 is 0. The highest BCUT2D eigenvalue weighted by atomic mass is 16.3. The van der Waals surface area contributed by atoms with Crippen LogP contribution in [0.4, 0.5) is 0 Å². The van der Waals surface area contributed by atoms with Crippen LogP contribution in [0.2, 0.25) is 0 Å². The first-order chi connectivity index (χ1) is 9.06. The molecule has 2 atom stereocenters. The average Bonchev–Trinajstić information content (AvgIpc) is 2.39. The second-order valence-electron chi connectivity index (χ2n) is 5.41. The number of aromatic hydroxyl groups is 1. The number of rotatable bonds is 3. The lowest BCUT2D eigenvalue weighted by molar-refractivity contribution is 0.0946. The van der Waals surface area contributed by atoms with Gasteiger partial charge in [0.1, 0.15) is 5.75 Å². The van der Waals surface area contributed by atoms with Crippen LogP contribution in [-0.4, -0.2) is 29.6 Å². The van der Waals surface area contributed by atoms with Crippen LogP contribution >= 0.6 is 0 Å². The Kier molecular flexibility index (Phi) is 4.43. The topological polar surface area (TPSA) is 61.4 Å². The zero-order chi connectivity index (χ0) is 13.8. The maximum atomic E-state index is 12.0. The minimum atomic E-state index is -0.129. The van der Waals surface area contributed by atoms with E-state index in [4.69, 9.17) is 0 Å². The minimum Gasteiger partial charge on any atom is -0.508 e. The summed E-state index contributed by atoms with van der Waals surface area (Å²) in [5.41, 5.74) is 1.28. The number of phenols is 1. The van der Waals surface area contributed by atoms with Crippen LogP contribution in [0.3, 0.4) is 0 Å². The molecular formula is C15H22N2O2. The van der Waals surface area contributed by atoms with Crippen LogP contribution in [0.5, 0.6) is 5.75 Å². The number of nitrogens with one attached hydrogen (secondary N) is 2. The molecule has 19 heavy (non-hydrogen) atoms. The molecule has 0 radical (unpaired) electrons. The molecule has 2 rings (SSSR count). The van der Waals surface area contributed by atoms with Crippen molar-refractivity contribution in [2.75, 3.05) is 6.54 Å². The maximum absolute atomic E-state index is 12.0. The molecule has 4 heteroatoms. The SMILES string of the molecule is Cc1ccc(C(=O)NCC2CCCC(C)N2)cc1O. The Morgan fingerprint density at radius 2 is 2.26 bits per heavy atom. The molecular weight excluding hydrogens is 240 g/mol. The van der Waals surface area contributed by atoms with Crippen LogP contribution in [0, 0.1) is 6.92 Å². The smallest absolute Gasteiger partial charge is 0.251 e. The third-order valence-electron chi connectivity index (χ3n) is 3.69. The highest BCUT2D eigenvalue weighted by molar-refractivity contribution is 5.94. The molecule has 1 aliphatic heterocycles. The molecule has 1 amide bonds. The first kappa shape index (κ1) is 13.9. The van der Waals surface area contributed by atoms with E-state index >= 15 is 0 Å². The fraction of sp³-hybridized carbons (Fsp3) is 0.533. The molecule has 0 aromatic heterocycles. The Labute approximate surface area is 114 Å². The monoisotopic (exact) mass is 262 g/mol. The van der Waals surface area contributed by atoms with Crippen molar-refractivity contribution < 1.29 is 9.90 Å². The van der Waals surface area contributed by atoms with Gasteiger partial charge in [0.05, 0.1) is 0 Å². The first-order valence-electron chi connectivity index (χ1n) is 6.90. The van der Waals surface area contributed by atoms with Gasteiger partial charge in [-0.05, 0) is 44.4 Å². The molecule has 1 heterocycles. The van der Waals surface area contributed by atoms with Gasteiger partial charge in [0, 0.05) is 24.2 Å². The number of carbonyl (C=O) groups excluding carboxylic acids is 1. The molecule has 4 nitrogen and oxygen atoms in total. The molecule has 3 N–H and O–H groups in total. The van der Waals surface area contributed by atoms with Crippen molar-refractivity contribution in [1.82, 2.24) is 10.6 Å². The Balaban J connectivity index is 1.88. The molecule has 1 saturated heterocycles. The summed E-state index contributed by atoms with van der Waals surface area (Å²) in [7, 11) is 0. The van der Waals surface area contributed by atoms with E-state index in [1.54, 1.807) is 12.1 Å². The average molecular weight is 262 g/mol. The number of carbonyl (C=O) groups is 1. The lowest BCUT2D eigenvalue weighted by Gasteiger charge is -2.28. The largest absolute Gasteiger partial charge is 0.508 e. The summed E-state index contributed by atoms with van der Waals surface area (Å²) in [5.74, 6) is 0.0346. The number of hydrogen-bond acceptors (Lipinski definition) is 3. The normalized spacial score (nSPS) is 23.1. The summed E-state index contributed by atoms with van der Waals surface area (Å²) in [5, 5.41) is 16.0. The molecule has 1 fully saturated rings. The van der Waals surface area contributed by atoms with Gasteiger partial charge in [-0.2, -0.15) is 0 Å². The molecule has 0 saturated carbocycles. The van der Waals surface area contributed by atoms with E-state index in [9.17, 15) is 9.90 Å². The minimum absolute atomic E-state index is 0.129. The van der Waals surface area contributed by atoms with Gasteiger partial charge in [-0.25, -0.2) is 0 Å². The van der Waals surface area contributed by atoms with Gasteiger partial charge in [-0.1, -0.05) is 12.5 Å². The van der Waals surface area contributed by atoms with Crippen molar-refractivity contribution in [2.24, 2.45) is 0 Å². The third-order valence-corrected chi connectivity index (χ3v) is 3.69. The van der Waals surface area contributed by atoms with Gasteiger partial charge in [0.2, 0.25) is 0 Å². The van der Waals surface area contributed by atoms with Crippen LogP contribution in [0.25, 0.3) is 0 Å². The predicted molar refractivity (Wildman–Crippen MR) is 75.4 cm³/mol. The standard InChI is InChI=1S/C15H22N2O2/c1-10-6-7-12(8-14(10)18)15(19)16-9-13-5-3-4-11(2)17-13/h6-8,11,13,17-18H,3-5,9H2,1-2H3,(H,16,19). The van der Waals surface area contributed by atoms with E-state index in [0.717, 1.165) is 12.0 Å². The highest BCUT2D eigenvalue weighted by Crippen LogP contribution is 2.17. The van der Waals surface area contributed by atoms with Crippen LogP contribution in [0.1, 0.15) is 42.1 Å². The van der Waals surface area contributed by atoms with Crippen molar-refractivity contribution in [3.05, 3.63) is 29.3 Å². The number of phenolic OH excluding ortho intramolecular Hbond substituents is 1. The van der Waals surface area contributed by atoms with Crippen LogP contribution in [-0.2, 0) is 0 Å². The van der Waals surface area contributed by atoms with E-state index in [1.807, 2.05) is 6.92 Å². The second-order valence-corrected chi connectivity index (χ2v) is 5.41. The quantitative estimate of drug-likeness (QED) is 0.780. The van der Waals surface area contributed by atoms with E-state index in [2.05, 4.69) is 17.6 Å². The fourth-order valence-electron chi connectivity index (χ4n) is 2.47. The highest BCUT2D eigenvalue weighted by Gasteiger charge is 2.18. The zero-order valence-corrected chi connectivity index (χ0v) is 11.6. The Morgan fingerprint density at radius 1 is 1.47 bits per heavy atom. The second kappa shape index (κ2) is 6.06.